The Bertz CT molecular complexity index is 991. The fraction of sp³-hybridized carbons (Fsp3) is 0.190. The second-order valence-corrected chi connectivity index (χ2v) is 6.37. The molecule has 0 fully saturated rings. The first-order chi connectivity index (χ1) is 13.0. The Morgan fingerprint density at radius 2 is 1.79 bits per heavy atom. The van der Waals surface area contributed by atoms with Gasteiger partial charge in [0.05, 0.1) is 5.39 Å². The van der Waals surface area contributed by atoms with Crippen LogP contribution in [0, 0.1) is 0 Å². The van der Waals surface area contributed by atoms with Gasteiger partial charge in [0.2, 0.25) is 5.52 Å². The lowest BCUT2D eigenvalue weighted by Gasteiger charge is -2.12. The third kappa shape index (κ3) is 4.67. The van der Waals surface area contributed by atoms with Crippen LogP contribution in [-0.4, -0.2) is 38.0 Å². The summed E-state index contributed by atoms with van der Waals surface area (Å²) < 4.78 is 7.49. The van der Waals surface area contributed by atoms with Gasteiger partial charge in [0.15, 0.2) is 12.7 Å². The van der Waals surface area contributed by atoms with Crippen molar-refractivity contribution in [3.8, 4) is 5.75 Å². The Balaban J connectivity index is 0.00000280. The van der Waals surface area contributed by atoms with Gasteiger partial charge in [-0.3, -0.25) is 4.79 Å². The van der Waals surface area contributed by atoms with Crippen molar-refractivity contribution in [2.75, 3.05) is 21.1 Å². The summed E-state index contributed by atoms with van der Waals surface area (Å²) in [6.07, 6.45) is 1.34. The maximum atomic E-state index is 12.3. The normalized spacial score (nSPS) is 10.1. The van der Waals surface area contributed by atoms with Crippen LogP contribution in [0.15, 0.2) is 60.8 Å². The van der Waals surface area contributed by atoms with E-state index in [4.69, 9.17) is 4.74 Å². The molecule has 7 heteroatoms. The lowest BCUT2D eigenvalue weighted by molar-refractivity contribution is -0.662. The molecule has 1 N–H and O–H groups in total. The molecule has 1 aromatic heterocycles. The predicted molar refractivity (Wildman–Crippen MR) is 103 cm³/mol. The molecular weight excluding hydrogens is 422 g/mol. The lowest BCUT2D eigenvalue weighted by Crippen LogP contribution is -3.00. The molecule has 2 aromatic carbocycles. The zero-order chi connectivity index (χ0) is 19.4. The molecule has 3 rings (SSSR count). The number of carbonyl (C=O) groups is 2. The minimum absolute atomic E-state index is 0. The summed E-state index contributed by atoms with van der Waals surface area (Å²) >= 11 is 0. The van der Waals surface area contributed by atoms with Crippen LogP contribution in [0.3, 0.4) is 0 Å². The molecular formula is C21H22BrN3O3. The summed E-state index contributed by atoms with van der Waals surface area (Å²) in [6.45, 7) is 0.591. The number of benzene rings is 2. The van der Waals surface area contributed by atoms with Crippen LogP contribution < -0.4 is 31.6 Å². The minimum atomic E-state index is -0.470. The highest BCUT2D eigenvalue weighted by Gasteiger charge is 2.20. The third-order valence-electron chi connectivity index (χ3n) is 4.19. The number of hydrogen-bond acceptors (Lipinski definition) is 3. The van der Waals surface area contributed by atoms with E-state index in [0.717, 1.165) is 11.1 Å². The van der Waals surface area contributed by atoms with E-state index in [1.165, 1.54) is 4.90 Å². The first-order valence-corrected chi connectivity index (χ1v) is 8.61. The van der Waals surface area contributed by atoms with E-state index in [-0.39, 0.29) is 22.9 Å². The number of amides is 2. The molecule has 0 aliphatic rings. The molecule has 0 atom stereocenters. The Hall–Kier alpha value is -2.93. The Labute approximate surface area is 174 Å². The van der Waals surface area contributed by atoms with Crippen molar-refractivity contribution in [3.05, 3.63) is 71.9 Å². The second-order valence-electron chi connectivity index (χ2n) is 6.37. The fourth-order valence-corrected chi connectivity index (χ4v) is 2.81. The van der Waals surface area contributed by atoms with Gasteiger partial charge in [0.1, 0.15) is 11.3 Å². The third-order valence-corrected chi connectivity index (χ3v) is 4.19. The first-order valence-electron chi connectivity index (χ1n) is 8.61. The van der Waals surface area contributed by atoms with Crippen LogP contribution in [0.25, 0.3) is 10.9 Å². The Morgan fingerprint density at radius 1 is 1.07 bits per heavy atom. The number of ether oxygens (including phenoxy) is 1. The molecule has 0 aliphatic carbocycles. The van der Waals surface area contributed by atoms with Crippen LogP contribution >= 0.6 is 0 Å². The first kappa shape index (κ1) is 21.4. The Kier molecular flexibility index (Phi) is 7.12. The van der Waals surface area contributed by atoms with E-state index in [0.29, 0.717) is 23.2 Å². The molecule has 0 aliphatic heterocycles. The van der Waals surface area contributed by atoms with E-state index in [2.05, 4.69) is 5.32 Å². The van der Waals surface area contributed by atoms with Crippen molar-refractivity contribution < 1.29 is 35.9 Å². The molecule has 0 radical (unpaired) electrons. The van der Waals surface area contributed by atoms with Crippen LogP contribution in [0.2, 0.25) is 0 Å². The van der Waals surface area contributed by atoms with Crippen molar-refractivity contribution in [1.82, 2.24) is 10.2 Å². The average Bonchev–Trinajstić information content (AvgIpc) is 2.68. The number of fused-ring (bicyclic) bond motifs is 1. The quantitative estimate of drug-likeness (QED) is 0.558. The summed E-state index contributed by atoms with van der Waals surface area (Å²) in [7, 11) is 4.84. The number of rotatable bonds is 4. The maximum absolute atomic E-state index is 12.3. The average molecular weight is 444 g/mol. The maximum Gasteiger partial charge on any atom is 0.414 e. The van der Waals surface area contributed by atoms with Crippen molar-refractivity contribution in [2.45, 2.75) is 6.54 Å². The van der Waals surface area contributed by atoms with Crippen LogP contribution in [0.4, 0.5) is 4.79 Å². The SMILES string of the molecule is CNC(=O)c1cc2c(OC(=O)N(C)C)cccc2[n+](Cc2ccccc2)c1.[Br-]. The van der Waals surface area contributed by atoms with E-state index >= 15 is 0 Å². The summed E-state index contributed by atoms with van der Waals surface area (Å²) in [5.41, 5.74) is 2.47. The minimum Gasteiger partial charge on any atom is -1.00 e. The molecule has 28 heavy (non-hydrogen) atoms. The summed E-state index contributed by atoms with van der Waals surface area (Å²) in [6, 6.07) is 17.2. The molecule has 6 nitrogen and oxygen atoms in total. The van der Waals surface area contributed by atoms with Gasteiger partial charge in [-0.1, -0.05) is 36.4 Å². The van der Waals surface area contributed by atoms with Crippen molar-refractivity contribution >= 4 is 22.9 Å². The number of nitrogens with zero attached hydrogens (tertiary/aromatic N) is 2. The molecule has 0 unspecified atom stereocenters. The van der Waals surface area contributed by atoms with Gasteiger partial charge in [-0.25, -0.2) is 4.79 Å². The van der Waals surface area contributed by atoms with Crippen LogP contribution in [0.5, 0.6) is 5.75 Å². The highest BCUT2D eigenvalue weighted by Crippen LogP contribution is 2.25. The van der Waals surface area contributed by atoms with Gasteiger partial charge in [0.25, 0.3) is 5.91 Å². The molecule has 1 heterocycles. The van der Waals surface area contributed by atoms with E-state index < -0.39 is 6.09 Å². The van der Waals surface area contributed by atoms with E-state index in [9.17, 15) is 9.59 Å². The van der Waals surface area contributed by atoms with Gasteiger partial charge < -0.3 is 31.9 Å². The largest absolute Gasteiger partial charge is 1.00 e. The van der Waals surface area contributed by atoms with Gasteiger partial charge in [-0.2, -0.15) is 4.57 Å². The summed E-state index contributed by atoms with van der Waals surface area (Å²) in [5, 5.41) is 3.35. The highest BCUT2D eigenvalue weighted by molar-refractivity contribution is 5.97. The zero-order valence-corrected chi connectivity index (χ0v) is 17.6. The van der Waals surface area contributed by atoms with E-state index in [1.54, 1.807) is 33.3 Å². The number of nitrogens with one attached hydrogen (secondary N) is 1. The fourth-order valence-electron chi connectivity index (χ4n) is 2.81. The second kappa shape index (κ2) is 9.32. The van der Waals surface area contributed by atoms with Gasteiger partial charge >= 0.3 is 6.09 Å². The summed E-state index contributed by atoms with van der Waals surface area (Å²) in [4.78, 5) is 25.6. The number of hydrogen-bond donors (Lipinski definition) is 1. The lowest BCUT2D eigenvalue weighted by atomic mass is 10.1. The van der Waals surface area contributed by atoms with Crippen molar-refractivity contribution in [1.29, 1.82) is 0 Å². The van der Waals surface area contributed by atoms with Gasteiger partial charge in [-0.15, -0.1) is 0 Å². The predicted octanol–water partition coefficient (Wildman–Crippen LogP) is -0.400. The van der Waals surface area contributed by atoms with Crippen molar-refractivity contribution in [3.63, 3.8) is 0 Å². The van der Waals surface area contributed by atoms with Gasteiger partial charge in [0, 0.05) is 32.8 Å². The monoisotopic (exact) mass is 443 g/mol. The molecule has 3 aromatic rings. The van der Waals surface area contributed by atoms with Crippen molar-refractivity contribution in [2.24, 2.45) is 0 Å². The molecule has 0 bridgehead atoms. The molecule has 0 saturated carbocycles. The van der Waals surface area contributed by atoms with E-state index in [1.807, 2.05) is 53.2 Å². The van der Waals surface area contributed by atoms with Crippen LogP contribution in [0.1, 0.15) is 15.9 Å². The number of carbonyl (C=O) groups excluding carboxylic acids is 2. The molecule has 146 valence electrons. The molecule has 2 amide bonds. The summed E-state index contributed by atoms with van der Waals surface area (Å²) in [5.74, 6) is 0.214. The highest BCUT2D eigenvalue weighted by atomic mass is 79.9. The zero-order valence-electron chi connectivity index (χ0n) is 16.0. The number of halogens is 1. The van der Waals surface area contributed by atoms with Crippen LogP contribution in [-0.2, 0) is 6.54 Å². The Morgan fingerprint density at radius 3 is 2.43 bits per heavy atom. The number of pyridine rings is 1. The smallest absolute Gasteiger partial charge is 0.414 e. The van der Waals surface area contributed by atoms with Gasteiger partial charge in [-0.05, 0) is 12.1 Å². The topological polar surface area (TPSA) is 62.5 Å². The molecule has 0 saturated heterocycles. The number of aromatic nitrogens is 1. The standard InChI is InChI=1S/C21H21N3O3.BrH/c1-22-20(25)16-12-17-18(10-7-11-19(17)27-21(26)23(2)3)24(14-16)13-15-8-5-4-6-9-15;/h4-12,14H,13H2,1-3H3;1H. The molecule has 0 spiro atoms.